The average Bonchev–Trinajstić information content (AvgIpc) is 3.07. The molecule has 0 saturated heterocycles. The Bertz CT molecular complexity index is 1120. The molecule has 0 bridgehead atoms. The van der Waals surface area contributed by atoms with Crippen LogP contribution in [0.4, 0.5) is 5.69 Å². The molecule has 0 aliphatic heterocycles. The number of thioether (sulfide) groups is 1. The first-order valence-corrected chi connectivity index (χ1v) is 11.6. The quantitative estimate of drug-likeness (QED) is 0.259. The molecule has 2 aromatic carbocycles. The summed E-state index contributed by atoms with van der Waals surface area (Å²) in [5.74, 6) is 0.850. The number of hydrogen-bond acceptors (Lipinski definition) is 5. The van der Waals surface area contributed by atoms with Crippen molar-refractivity contribution in [1.29, 1.82) is 0 Å². The van der Waals surface area contributed by atoms with Gasteiger partial charge in [-0.25, -0.2) is 0 Å². The van der Waals surface area contributed by atoms with Crippen molar-refractivity contribution < 1.29 is 9.53 Å². The smallest absolute Gasteiger partial charge is 0.234 e. The molecule has 1 aromatic heterocycles. The lowest BCUT2D eigenvalue weighted by molar-refractivity contribution is -0.113. The van der Waals surface area contributed by atoms with Crippen molar-refractivity contribution in [2.45, 2.75) is 18.2 Å². The number of hydrogen-bond donors (Lipinski definition) is 1. The molecule has 1 unspecified atom stereocenters. The van der Waals surface area contributed by atoms with Crippen LogP contribution in [0.1, 0.15) is 18.9 Å². The number of amides is 1. The standard InChI is InChI=1S/C19H15Cl5N4O2S/c1-9(30-16-4-3-10(20)5-14(16)24)18-26-27-19(28(18)2)31-8-17(29)25-15-7-12(22)11(21)6-13(15)23/h3-7,9H,8H2,1-2H3,(H,25,29). The molecule has 1 N–H and O–H groups in total. The molecule has 0 fully saturated rings. The van der Waals surface area contributed by atoms with Crippen LogP contribution in [0.3, 0.4) is 0 Å². The van der Waals surface area contributed by atoms with E-state index < -0.39 is 6.10 Å². The van der Waals surface area contributed by atoms with Crippen LogP contribution in [0.25, 0.3) is 0 Å². The number of carbonyl (C=O) groups excluding carboxylic acids is 1. The molecule has 6 nitrogen and oxygen atoms in total. The molecule has 31 heavy (non-hydrogen) atoms. The van der Waals surface area contributed by atoms with Crippen LogP contribution in [0, 0.1) is 0 Å². The van der Waals surface area contributed by atoms with E-state index in [-0.39, 0.29) is 11.7 Å². The predicted octanol–water partition coefficient (Wildman–Crippen LogP) is 6.95. The number of nitrogens with zero attached hydrogens (tertiary/aromatic N) is 3. The van der Waals surface area contributed by atoms with Gasteiger partial charge in [0.2, 0.25) is 5.91 Å². The van der Waals surface area contributed by atoms with Crippen LogP contribution in [-0.4, -0.2) is 26.4 Å². The minimum atomic E-state index is -0.436. The highest BCUT2D eigenvalue weighted by Crippen LogP contribution is 2.33. The fraction of sp³-hybridized carbons (Fsp3) is 0.211. The maximum Gasteiger partial charge on any atom is 0.234 e. The van der Waals surface area contributed by atoms with Crippen LogP contribution in [-0.2, 0) is 11.8 Å². The van der Waals surface area contributed by atoms with Crippen molar-refractivity contribution in [3.8, 4) is 5.75 Å². The van der Waals surface area contributed by atoms with Crippen molar-refractivity contribution in [1.82, 2.24) is 14.8 Å². The van der Waals surface area contributed by atoms with Crippen LogP contribution >= 0.6 is 69.8 Å². The van der Waals surface area contributed by atoms with Gasteiger partial charge in [0.15, 0.2) is 17.1 Å². The van der Waals surface area contributed by atoms with E-state index in [1.165, 1.54) is 23.9 Å². The van der Waals surface area contributed by atoms with Gasteiger partial charge in [-0.15, -0.1) is 10.2 Å². The largest absolute Gasteiger partial charge is 0.481 e. The number of carbonyl (C=O) groups is 1. The molecule has 0 radical (unpaired) electrons. The van der Waals surface area contributed by atoms with Gasteiger partial charge in [0.25, 0.3) is 0 Å². The number of anilines is 1. The summed E-state index contributed by atoms with van der Waals surface area (Å²) < 4.78 is 7.63. The number of rotatable bonds is 7. The van der Waals surface area contributed by atoms with E-state index in [0.717, 1.165) is 0 Å². The number of nitrogens with one attached hydrogen (secondary N) is 1. The van der Waals surface area contributed by atoms with Crippen molar-refractivity contribution >= 4 is 81.4 Å². The molecule has 164 valence electrons. The minimum absolute atomic E-state index is 0.0841. The monoisotopic (exact) mass is 538 g/mol. The zero-order valence-corrected chi connectivity index (χ0v) is 20.7. The second-order valence-corrected chi connectivity index (χ2v) is 9.33. The summed E-state index contributed by atoms with van der Waals surface area (Å²) in [6, 6.07) is 7.94. The maximum absolute atomic E-state index is 12.3. The molecule has 0 saturated carbocycles. The fourth-order valence-electron chi connectivity index (χ4n) is 2.55. The van der Waals surface area contributed by atoms with Crippen LogP contribution < -0.4 is 10.1 Å². The number of aromatic nitrogens is 3. The van der Waals surface area contributed by atoms with Crippen molar-refractivity contribution in [3.05, 3.63) is 61.3 Å². The molecule has 3 rings (SSSR count). The summed E-state index contributed by atoms with van der Waals surface area (Å²) >= 11 is 31.3. The maximum atomic E-state index is 12.3. The third-order valence-corrected chi connectivity index (χ3v) is 6.63. The van der Waals surface area contributed by atoms with Crippen molar-refractivity contribution in [2.75, 3.05) is 11.1 Å². The van der Waals surface area contributed by atoms with Gasteiger partial charge < -0.3 is 14.6 Å². The highest BCUT2D eigenvalue weighted by molar-refractivity contribution is 7.99. The van der Waals surface area contributed by atoms with Gasteiger partial charge in [0, 0.05) is 12.1 Å². The average molecular weight is 541 g/mol. The molecule has 1 heterocycles. The Kier molecular flexibility index (Phi) is 8.24. The van der Waals surface area contributed by atoms with E-state index in [1.807, 2.05) is 6.92 Å². The second kappa shape index (κ2) is 10.5. The Morgan fingerprint density at radius 2 is 1.77 bits per heavy atom. The van der Waals surface area contributed by atoms with Gasteiger partial charge in [-0.2, -0.15) is 0 Å². The Morgan fingerprint density at radius 3 is 2.48 bits per heavy atom. The summed E-state index contributed by atoms with van der Waals surface area (Å²) in [5.41, 5.74) is 0.377. The van der Waals surface area contributed by atoms with E-state index in [1.54, 1.807) is 29.8 Å². The Morgan fingerprint density at radius 1 is 1.06 bits per heavy atom. The summed E-state index contributed by atoms with van der Waals surface area (Å²) in [6.45, 7) is 1.82. The van der Waals surface area contributed by atoms with E-state index in [4.69, 9.17) is 62.7 Å². The molecule has 3 aromatic rings. The van der Waals surface area contributed by atoms with Gasteiger partial charge >= 0.3 is 0 Å². The van der Waals surface area contributed by atoms with Crippen LogP contribution in [0.5, 0.6) is 5.75 Å². The molecule has 1 atom stereocenters. The Labute approximate surface area is 208 Å². The SMILES string of the molecule is CC(Oc1ccc(Cl)cc1Cl)c1nnc(SCC(=O)Nc2cc(Cl)c(Cl)cc2Cl)n1C. The lowest BCUT2D eigenvalue weighted by atomic mass is 10.3. The fourth-order valence-corrected chi connectivity index (χ4v) is 4.32. The molecule has 1 amide bonds. The van der Waals surface area contributed by atoms with Gasteiger partial charge in [0.1, 0.15) is 5.75 Å². The van der Waals surface area contributed by atoms with E-state index >= 15 is 0 Å². The first-order valence-electron chi connectivity index (χ1n) is 8.74. The molecule has 12 heteroatoms. The molecular formula is C19H15Cl5N4O2S. The molecule has 0 aliphatic rings. The summed E-state index contributed by atoms with van der Waals surface area (Å²) in [5, 5.41) is 13.4. The second-order valence-electron chi connectivity index (χ2n) is 6.32. The summed E-state index contributed by atoms with van der Waals surface area (Å²) in [4.78, 5) is 12.3. The van der Waals surface area contributed by atoms with Crippen LogP contribution in [0.15, 0.2) is 35.5 Å². The topological polar surface area (TPSA) is 69.0 Å². The van der Waals surface area contributed by atoms with Crippen molar-refractivity contribution in [3.63, 3.8) is 0 Å². The van der Waals surface area contributed by atoms with E-state index in [9.17, 15) is 4.79 Å². The minimum Gasteiger partial charge on any atom is -0.481 e. The lowest BCUT2D eigenvalue weighted by Gasteiger charge is -2.15. The predicted molar refractivity (Wildman–Crippen MR) is 127 cm³/mol. The zero-order valence-electron chi connectivity index (χ0n) is 16.1. The first kappa shape index (κ1) is 24.3. The van der Waals surface area contributed by atoms with Crippen molar-refractivity contribution in [2.24, 2.45) is 7.05 Å². The highest BCUT2D eigenvalue weighted by Gasteiger charge is 2.19. The van der Waals surface area contributed by atoms with E-state index in [0.29, 0.717) is 47.5 Å². The van der Waals surface area contributed by atoms with Gasteiger partial charge in [-0.3, -0.25) is 4.79 Å². The van der Waals surface area contributed by atoms with Gasteiger partial charge in [0.05, 0.1) is 31.5 Å². The zero-order chi connectivity index (χ0) is 22.7. The third kappa shape index (κ3) is 6.12. The first-order chi connectivity index (χ1) is 14.7. The molecule has 0 spiro atoms. The number of ether oxygens (including phenoxy) is 1. The van der Waals surface area contributed by atoms with E-state index in [2.05, 4.69) is 15.5 Å². The number of benzene rings is 2. The van der Waals surface area contributed by atoms with Gasteiger partial charge in [-0.05, 0) is 37.3 Å². The Balaban J connectivity index is 1.62. The Hall–Kier alpha value is -1.35. The molecule has 0 aliphatic carbocycles. The van der Waals surface area contributed by atoms with Crippen LogP contribution in [0.2, 0.25) is 25.1 Å². The third-order valence-electron chi connectivity index (χ3n) is 4.05. The summed E-state index contributed by atoms with van der Waals surface area (Å²) in [7, 11) is 1.79. The number of halogens is 5. The molecular weight excluding hydrogens is 526 g/mol. The summed E-state index contributed by atoms with van der Waals surface area (Å²) in [6.07, 6.45) is -0.436. The highest BCUT2D eigenvalue weighted by atomic mass is 35.5. The van der Waals surface area contributed by atoms with Gasteiger partial charge in [-0.1, -0.05) is 69.8 Å². The lowest BCUT2D eigenvalue weighted by Crippen LogP contribution is -2.15. The normalized spacial score (nSPS) is 12.0.